The molecule has 0 amide bonds. The van der Waals surface area contributed by atoms with Gasteiger partial charge in [0.25, 0.3) is 16.9 Å². The van der Waals surface area contributed by atoms with E-state index < -0.39 is 21.1 Å². The molecule has 0 aliphatic rings. The molecule has 2 N–H and O–H groups in total. The van der Waals surface area contributed by atoms with Crippen LogP contribution in [0, 0.1) is 41.0 Å². The number of fused-ring (bicyclic) bond motifs is 1. The van der Waals surface area contributed by atoms with Gasteiger partial charge in [0.15, 0.2) is 0 Å². The average molecular weight is 368 g/mol. The first kappa shape index (κ1) is 18.1. The first-order valence-corrected chi connectivity index (χ1v) is 8.03. The lowest BCUT2D eigenvalue weighted by atomic mass is 10.0. The number of pyridine rings is 1. The Bertz CT molecular complexity index is 1170. The van der Waals surface area contributed by atoms with Gasteiger partial charge < -0.3 is 10.3 Å². The smallest absolute Gasteiger partial charge is 0.299 e. The molecule has 3 rings (SSSR count). The normalized spacial score (nSPS) is 10.8. The molecule has 0 saturated heterocycles. The van der Waals surface area contributed by atoms with Crippen LogP contribution in [0.4, 0.5) is 22.7 Å². The largest absolute Gasteiger partial charge is 0.345 e. The zero-order chi connectivity index (χ0) is 19.9. The molecule has 1 aromatic heterocycles. The number of hydrogen-bond acceptors (Lipinski definition) is 6. The van der Waals surface area contributed by atoms with Crippen LogP contribution in [0.3, 0.4) is 0 Å². The van der Waals surface area contributed by atoms with Gasteiger partial charge in [-0.1, -0.05) is 18.2 Å². The van der Waals surface area contributed by atoms with E-state index in [1.807, 2.05) is 25.1 Å². The molecular formula is C18H16N4O5. The van der Waals surface area contributed by atoms with Crippen LogP contribution in [-0.2, 0) is 0 Å². The second-order valence-electron chi connectivity index (χ2n) is 6.25. The fourth-order valence-electron chi connectivity index (χ4n) is 3.05. The number of aryl methyl sites for hydroxylation is 3. The van der Waals surface area contributed by atoms with E-state index in [2.05, 4.69) is 10.3 Å². The molecule has 0 aliphatic heterocycles. The highest BCUT2D eigenvalue weighted by molar-refractivity contribution is 5.89. The Balaban J connectivity index is 2.21. The van der Waals surface area contributed by atoms with Crippen LogP contribution in [0.5, 0.6) is 0 Å². The number of rotatable bonds is 4. The molecule has 0 saturated carbocycles. The fourth-order valence-corrected chi connectivity index (χ4v) is 3.05. The summed E-state index contributed by atoms with van der Waals surface area (Å²) in [6.07, 6.45) is 0. The van der Waals surface area contributed by atoms with Crippen LogP contribution in [0.1, 0.15) is 16.7 Å². The lowest BCUT2D eigenvalue weighted by Gasteiger charge is -2.13. The molecule has 138 valence electrons. The molecule has 0 bridgehead atoms. The Hall–Kier alpha value is -3.75. The van der Waals surface area contributed by atoms with Crippen molar-refractivity contribution in [2.24, 2.45) is 0 Å². The second kappa shape index (κ2) is 6.52. The molecule has 0 aliphatic carbocycles. The van der Waals surface area contributed by atoms with E-state index in [1.165, 1.54) is 13.0 Å². The molecule has 0 atom stereocenters. The standard InChI is InChI=1S/C18H16N4O5/c1-9-5-4-6-12-11(3)17(18(23)20-16(9)12)19-13-7-10(2)14(21(24)25)8-15(13)22(26)27/h4-8,19H,1-3H3,(H,20,23). The van der Waals surface area contributed by atoms with Crippen molar-refractivity contribution in [3.63, 3.8) is 0 Å². The van der Waals surface area contributed by atoms with E-state index in [1.54, 1.807) is 6.92 Å². The summed E-state index contributed by atoms with van der Waals surface area (Å²) < 4.78 is 0. The SMILES string of the molecule is Cc1cc(Nc2c(C)c3cccc(C)c3[nH]c2=O)c([N+](=O)[O-])cc1[N+](=O)[O-]. The van der Waals surface area contributed by atoms with E-state index in [0.29, 0.717) is 11.1 Å². The van der Waals surface area contributed by atoms with Crippen molar-refractivity contribution < 1.29 is 9.85 Å². The summed E-state index contributed by atoms with van der Waals surface area (Å²) in [7, 11) is 0. The zero-order valence-corrected chi connectivity index (χ0v) is 14.8. The maximum atomic E-state index is 12.6. The van der Waals surface area contributed by atoms with Crippen molar-refractivity contribution in [1.82, 2.24) is 4.98 Å². The number of nitro groups is 2. The molecular weight excluding hydrogens is 352 g/mol. The van der Waals surface area contributed by atoms with Gasteiger partial charge in [-0.15, -0.1) is 0 Å². The van der Waals surface area contributed by atoms with Gasteiger partial charge in [-0.25, -0.2) is 0 Å². The maximum absolute atomic E-state index is 12.6. The summed E-state index contributed by atoms with van der Waals surface area (Å²) in [6.45, 7) is 5.09. The Morgan fingerprint density at radius 2 is 1.63 bits per heavy atom. The number of nitro benzene ring substituents is 2. The molecule has 0 unspecified atom stereocenters. The number of benzene rings is 2. The average Bonchev–Trinajstić information content (AvgIpc) is 2.59. The number of H-pyrrole nitrogens is 1. The molecule has 0 spiro atoms. The number of nitrogens with zero attached hydrogens (tertiary/aromatic N) is 2. The molecule has 0 fully saturated rings. The molecule has 3 aromatic rings. The maximum Gasteiger partial charge on any atom is 0.299 e. The predicted octanol–water partition coefficient (Wildman–Crippen LogP) is 4.01. The van der Waals surface area contributed by atoms with Crippen molar-refractivity contribution in [2.75, 3.05) is 5.32 Å². The summed E-state index contributed by atoms with van der Waals surface area (Å²) in [5.74, 6) is 0. The van der Waals surface area contributed by atoms with Gasteiger partial charge in [-0.2, -0.15) is 0 Å². The lowest BCUT2D eigenvalue weighted by molar-refractivity contribution is -0.394. The zero-order valence-electron chi connectivity index (χ0n) is 14.8. The molecule has 2 aromatic carbocycles. The van der Waals surface area contributed by atoms with E-state index >= 15 is 0 Å². The fraction of sp³-hybridized carbons (Fsp3) is 0.167. The highest BCUT2D eigenvalue weighted by Gasteiger charge is 2.24. The summed E-state index contributed by atoms with van der Waals surface area (Å²) in [5.41, 5.74) is 1.38. The number of para-hydroxylation sites is 1. The van der Waals surface area contributed by atoms with Crippen molar-refractivity contribution >= 4 is 33.7 Å². The minimum atomic E-state index is -0.719. The monoisotopic (exact) mass is 368 g/mol. The van der Waals surface area contributed by atoms with E-state index in [4.69, 9.17) is 0 Å². The number of hydrogen-bond donors (Lipinski definition) is 2. The summed E-state index contributed by atoms with van der Waals surface area (Å²) in [5, 5.41) is 26.0. The van der Waals surface area contributed by atoms with Gasteiger partial charge in [0, 0.05) is 10.9 Å². The minimum absolute atomic E-state index is 0.0173. The first-order chi connectivity index (χ1) is 12.7. The third-order valence-corrected chi connectivity index (χ3v) is 4.48. The quantitative estimate of drug-likeness (QED) is 0.528. The van der Waals surface area contributed by atoms with E-state index in [0.717, 1.165) is 17.0 Å². The highest BCUT2D eigenvalue weighted by atomic mass is 16.6. The number of aromatic amines is 1. The van der Waals surface area contributed by atoms with Crippen LogP contribution in [0.2, 0.25) is 0 Å². The molecule has 9 nitrogen and oxygen atoms in total. The number of anilines is 2. The topological polar surface area (TPSA) is 131 Å². The summed E-state index contributed by atoms with van der Waals surface area (Å²) in [6, 6.07) is 7.76. The van der Waals surface area contributed by atoms with Gasteiger partial charge in [0.05, 0.1) is 21.4 Å². The third kappa shape index (κ3) is 3.10. The number of aromatic nitrogens is 1. The lowest BCUT2D eigenvalue weighted by Crippen LogP contribution is -2.15. The predicted molar refractivity (Wildman–Crippen MR) is 102 cm³/mol. The van der Waals surface area contributed by atoms with Gasteiger partial charge in [0.1, 0.15) is 11.4 Å². The summed E-state index contributed by atoms with van der Waals surface area (Å²) >= 11 is 0. The van der Waals surface area contributed by atoms with Crippen molar-refractivity contribution in [2.45, 2.75) is 20.8 Å². The van der Waals surface area contributed by atoms with Crippen molar-refractivity contribution in [1.29, 1.82) is 0 Å². The van der Waals surface area contributed by atoms with Gasteiger partial charge >= 0.3 is 0 Å². The van der Waals surface area contributed by atoms with E-state index in [9.17, 15) is 25.0 Å². The Labute approximate surface area is 153 Å². The van der Waals surface area contributed by atoms with E-state index in [-0.39, 0.29) is 22.6 Å². The van der Waals surface area contributed by atoms with Crippen LogP contribution in [-0.4, -0.2) is 14.8 Å². The third-order valence-electron chi connectivity index (χ3n) is 4.48. The molecule has 1 heterocycles. The molecule has 0 radical (unpaired) electrons. The Morgan fingerprint density at radius 3 is 2.26 bits per heavy atom. The van der Waals surface area contributed by atoms with Crippen molar-refractivity contribution in [3.05, 3.63) is 77.6 Å². The van der Waals surface area contributed by atoms with Crippen LogP contribution in [0.25, 0.3) is 10.9 Å². The first-order valence-electron chi connectivity index (χ1n) is 8.03. The van der Waals surface area contributed by atoms with Gasteiger partial charge in [-0.3, -0.25) is 25.0 Å². The summed E-state index contributed by atoms with van der Waals surface area (Å²) in [4.78, 5) is 36.4. The molecule has 9 heteroatoms. The second-order valence-corrected chi connectivity index (χ2v) is 6.25. The highest BCUT2D eigenvalue weighted by Crippen LogP contribution is 2.35. The van der Waals surface area contributed by atoms with Crippen LogP contribution >= 0.6 is 0 Å². The van der Waals surface area contributed by atoms with Gasteiger partial charge in [0.2, 0.25) is 0 Å². The Morgan fingerprint density at radius 1 is 0.963 bits per heavy atom. The number of nitrogens with one attached hydrogen (secondary N) is 2. The van der Waals surface area contributed by atoms with Crippen molar-refractivity contribution in [3.8, 4) is 0 Å². The van der Waals surface area contributed by atoms with Crippen LogP contribution in [0.15, 0.2) is 35.1 Å². The Kier molecular flexibility index (Phi) is 4.36. The van der Waals surface area contributed by atoms with Gasteiger partial charge in [-0.05, 0) is 38.0 Å². The minimum Gasteiger partial charge on any atom is -0.345 e. The molecule has 27 heavy (non-hydrogen) atoms. The van der Waals surface area contributed by atoms with Crippen LogP contribution < -0.4 is 10.9 Å².